The minimum absolute atomic E-state index is 0.771. The minimum Gasteiger partial charge on any atom is -0.364 e. The van der Waals surface area contributed by atoms with E-state index in [-0.39, 0.29) is 0 Å². The molecule has 0 amide bonds. The third kappa shape index (κ3) is 2.25. The summed E-state index contributed by atoms with van der Waals surface area (Å²) in [4.78, 5) is 8.81. The van der Waals surface area contributed by atoms with Crippen molar-refractivity contribution in [3.8, 4) is 0 Å². The molecule has 1 N–H and O–H groups in total. The first-order chi connectivity index (χ1) is 9.79. The molecule has 2 heterocycles. The molecule has 20 heavy (non-hydrogen) atoms. The molecule has 3 aromatic rings. The standard InChI is InChI=1S/C16H18N4/c1-3-12-6-4-5-7-13(12)10-18-16-15-14(8-9-17-16)20(2)11-19-15/h4-9,11H,3,10H2,1-2H3,(H,17,18). The van der Waals surface area contributed by atoms with E-state index < -0.39 is 0 Å². The van der Waals surface area contributed by atoms with Crippen LogP contribution in [0.3, 0.4) is 0 Å². The van der Waals surface area contributed by atoms with Gasteiger partial charge in [-0.25, -0.2) is 9.97 Å². The van der Waals surface area contributed by atoms with Crippen LogP contribution in [0.4, 0.5) is 5.82 Å². The van der Waals surface area contributed by atoms with Crippen LogP contribution >= 0.6 is 0 Å². The van der Waals surface area contributed by atoms with E-state index in [0.29, 0.717) is 0 Å². The highest BCUT2D eigenvalue weighted by molar-refractivity contribution is 5.85. The van der Waals surface area contributed by atoms with Crippen molar-refractivity contribution in [3.63, 3.8) is 0 Å². The Kier molecular flexibility index (Phi) is 3.37. The number of nitrogens with one attached hydrogen (secondary N) is 1. The second-order valence-electron chi connectivity index (χ2n) is 4.86. The largest absolute Gasteiger partial charge is 0.364 e. The quantitative estimate of drug-likeness (QED) is 0.789. The van der Waals surface area contributed by atoms with Gasteiger partial charge in [0.05, 0.1) is 11.8 Å². The van der Waals surface area contributed by atoms with E-state index in [9.17, 15) is 0 Å². The summed E-state index contributed by atoms with van der Waals surface area (Å²) in [6, 6.07) is 10.5. The van der Waals surface area contributed by atoms with Gasteiger partial charge in [-0.3, -0.25) is 0 Å². The Balaban J connectivity index is 1.87. The summed E-state index contributed by atoms with van der Waals surface area (Å²) in [5, 5.41) is 3.41. The minimum atomic E-state index is 0.771. The first-order valence-electron chi connectivity index (χ1n) is 6.86. The summed E-state index contributed by atoms with van der Waals surface area (Å²) in [5.41, 5.74) is 4.69. The van der Waals surface area contributed by atoms with Gasteiger partial charge in [-0.2, -0.15) is 0 Å². The molecule has 0 unspecified atom stereocenters. The van der Waals surface area contributed by atoms with Crippen LogP contribution in [0.2, 0.25) is 0 Å². The molecule has 0 aliphatic rings. The monoisotopic (exact) mass is 266 g/mol. The second kappa shape index (κ2) is 5.33. The molecule has 4 nitrogen and oxygen atoms in total. The summed E-state index contributed by atoms with van der Waals surface area (Å²) in [5.74, 6) is 0.842. The van der Waals surface area contributed by atoms with Gasteiger partial charge in [0.15, 0.2) is 5.82 Å². The van der Waals surface area contributed by atoms with E-state index in [2.05, 4.69) is 46.5 Å². The fourth-order valence-corrected chi connectivity index (χ4v) is 2.45. The number of fused-ring (bicyclic) bond motifs is 1. The number of hydrogen-bond donors (Lipinski definition) is 1. The van der Waals surface area contributed by atoms with Crippen LogP contribution in [0.25, 0.3) is 11.0 Å². The van der Waals surface area contributed by atoms with Crippen molar-refractivity contribution in [2.75, 3.05) is 5.32 Å². The predicted molar refractivity (Wildman–Crippen MR) is 81.7 cm³/mol. The molecule has 0 saturated carbocycles. The van der Waals surface area contributed by atoms with Crippen molar-refractivity contribution >= 4 is 16.9 Å². The molecule has 0 aliphatic heterocycles. The van der Waals surface area contributed by atoms with Gasteiger partial charge in [0.1, 0.15) is 5.52 Å². The maximum atomic E-state index is 4.41. The Labute approximate surface area is 118 Å². The van der Waals surface area contributed by atoms with Crippen molar-refractivity contribution in [2.24, 2.45) is 7.05 Å². The van der Waals surface area contributed by atoms with Crippen molar-refractivity contribution in [3.05, 3.63) is 54.0 Å². The molecule has 3 rings (SSSR count). The highest BCUT2D eigenvalue weighted by Gasteiger charge is 2.07. The molecule has 102 valence electrons. The lowest BCUT2D eigenvalue weighted by atomic mass is 10.1. The van der Waals surface area contributed by atoms with E-state index in [1.165, 1.54) is 11.1 Å². The first kappa shape index (κ1) is 12.7. The number of benzene rings is 1. The summed E-state index contributed by atoms with van der Waals surface area (Å²) >= 11 is 0. The van der Waals surface area contributed by atoms with Gasteiger partial charge < -0.3 is 9.88 Å². The van der Waals surface area contributed by atoms with Gasteiger partial charge >= 0.3 is 0 Å². The lowest BCUT2D eigenvalue weighted by molar-refractivity contribution is 0.947. The fourth-order valence-electron chi connectivity index (χ4n) is 2.45. The highest BCUT2D eigenvalue weighted by atomic mass is 15.1. The summed E-state index contributed by atoms with van der Waals surface area (Å²) in [7, 11) is 1.99. The summed E-state index contributed by atoms with van der Waals surface area (Å²) in [6.07, 6.45) is 4.68. The van der Waals surface area contributed by atoms with E-state index >= 15 is 0 Å². The molecule has 0 radical (unpaired) electrons. The van der Waals surface area contributed by atoms with Gasteiger partial charge in [0.25, 0.3) is 0 Å². The van der Waals surface area contributed by atoms with Crippen LogP contribution in [-0.2, 0) is 20.0 Å². The molecule has 2 aromatic heterocycles. The maximum Gasteiger partial charge on any atom is 0.154 e. The second-order valence-corrected chi connectivity index (χ2v) is 4.86. The fraction of sp³-hybridized carbons (Fsp3) is 0.250. The number of pyridine rings is 1. The Hall–Kier alpha value is -2.36. The lowest BCUT2D eigenvalue weighted by Crippen LogP contribution is -2.04. The third-order valence-electron chi connectivity index (χ3n) is 3.59. The zero-order chi connectivity index (χ0) is 13.9. The Morgan fingerprint density at radius 1 is 1.10 bits per heavy atom. The predicted octanol–water partition coefficient (Wildman–Crippen LogP) is 3.14. The summed E-state index contributed by atoms with van der Waals surface area (Å²) in [6.45, 7) is 2.95. The molecule has 0 spiro atoms. The molecule has 0 bridgehead atoms. The van der Waals surface area contributed by atoms with Crippen LogP contribution in [0.1, 0.15) is 18.1 Å². The van der Waals surface area contributed by atoms with Crippen LogP contribution in [0.5, 0.6) is 0 Å². The van der Waals surface area contributed by atoms with E-state index in [1.807, 2.05) is 30.2 Å². The van der Waals surface area contributed by atoms with Gasteiger partial charge in [-0.15, -0.1) is 0 Å². The first-order valence-corrected chi connectivity index (χ1v) is 6.86. The van der Waals surface area contributed by atoms with Gasteiger partial charge in [0, 0.05) is 19.8 Å². The Morgan fingerprint density at radius 3 is 2.70 bits per heavy atom. The SMILES string of the molecule is CCc1ccccc1CNc1nccc2c1ncn2C. The average Bonchev–Trinajstić information content (AvgIpc) is 2.88. The molecular formula is C16H18N4. The van der Waals surface area contributed by atoms with E-state index in [1.54, 1.807) is 0 Å². The molecule has 0 aliphatic carbocycles. The number of imidazole rings is 1. The molecule has 0 saturated heterocycles. The smallest absolute Gasteiger partial charge is 0.154 e. The van der Waals surface area contributed by atoms with Gasteiger partial charge in [-0.05, 0) is 23.6 Å². The van der Waals surface area contributed by atoms with Gasteiger partial charge in [0.2, 0.25) is 0 Å². The maximum absolute atomic E-state index is 4.41. The topological polar surface area (TPSA) is 42.7 Å². The zero-order valence-corrected chi connectivity index (χ0v) is 11.8. The van der Waals surface area contributed by atoms with Crippen molar-refractivity contribution < 1.29 is 0 Å². The molecule has 4 heteroatoms. The average molecular weight is 266 g/mol. The van der Waals surface area contributed by atoms with Crippen LogP contribution in [0.15, 0.2) is 42.9 Å². The number of hydrogen-bond acceptors (Lipinski definition) is 3. The van der Waals surface area contributed by atoms with Crippen LogP contribution < -0.4 is 5.32 Å². The number of rotatable bonds is 4. The van der Waals surface area contributed by atoms with Crippen molar-refractivity contribution in [1.82, 2.24) is 14.5 Å². The molecule has 0 atom stereocenters. The highest BCUT2D eigenvalue weighted by Crippen LogP contribution is 2.20. The molecular weight excluding hydrogens is 248 g/mol. The summed E-state index contributed by atoms with van der Waals surface area (Å²) < 4.78 is 2.00. The van der Waals surface area contributed by atoms with E-state index in [4.69, 9.17) is 0 Å². The number of nitrogens with zero attached hydrogens (tertiary/aromatic N) is 3. The van der Waals surface area contributed by atoms with Crippen molar-refractivity contribution in [2.45, 2.75) is 19.9 Å². The van der Waals surface area contributed by atoms with Crippen molar-refractivity contribution in [1.29, 1.82) is 0 Å². The Bertz CT molecular complexity index is 730. The van der Waals surface area contributed by atoms with Crippen LogP contribution in [-0.4, -0.2) is 14.5 Å². The van der Waals surface area contributed by atoms with E-state index in [0.717, 1.165) is 29.8 Å². The molecule has 0 fully saturated rings. The normalized spacial score (nSPS) is 10.9. The molecule has 1 aromatic carbocycles. The number of aryl methyl sites for hydroxylation is 2. The zero-order valence-electron chi connectivity index (χ0n) is 11.8. The van der Waals surface area contributed by atoms with Gasteiger partial charge in [-0.1, -0.05) is 31.2 Å². The van der Waals surface area contributed by atoms with Crippen LogP contribution in [0, 0.1) is 0 Å². The Morgan fingerprint density at radius 2 is 1.90 bits per heavy atom. The number of anilines is 1. The third-order valence-corrected chi connectivity index (χ3v) is 3.59. The lowest BCUT2D eigenvalue weighted by Gasteiger charge is -2.10. The number of aromatic nitrogens is 3.